The van der Waals surface area contributed by atoms with Gasteiger partial charge in [-0.25, -0.2) is 0 Å². The maximum absolute atomic E-state index is 12.9. The number of esters is 3. The molecule has 0 heterocycles. The first-order valence-corrected chi connectivity index (χ1v) is 34.0. The third-order valence-electron chi connectivity index (χ3n) is 14.0. The number of carbonyl (C=O) groups is 3. The van der Waals surface area contributed by atoms with Crippen molar-refractivity contribution in [1.29, 1.82) is 0 Å². The summed E-state index contributed by atoms with van der Waals surface area (Å²) < 4.78 is 16.9. The Kier molecular flexibility index (Phi) is 65.4. The molecule has 6 heteroatoms. The van der Waals surface area contributed by atoms with Gasteiger partial charge in [0.15, 0.2) is 6.10 Å². The molecule has 0 aliphatic heterocycles. The van der Waals surface area contributed by atoms with Gasteiger partial charge in [0.1, 0.15) is 13.2 Å². The van der Waals surface area contributed by atoms with E-state index in [1.165, 1.54) is 89.9 Å². The molecule has 0 N–H and O–H groups in total. The Morgan fingerprint density at radius 1 is 0.253 bits per heavy atom. The fraction of sp³-hybridized carbons (Fsp3) is 0.623. The largest absolute Gasteiger partial charge is 0.462 e. The van der Waals surface area contributed by atoms with Crippen LogP contribution in [-0.2, 0) is 28.6 Å². The number of ether oxygens (including phenoxy) is 3. The maximum atomic E-state index is 12.9. The summed E-state index contributed by atoms with van der Waals surface area (Å²) in [6.07, 6.45) is 101. The first-order chi connectivity index (χ1) is 41.0. The number of hydrogen-bond acceptors (Lipinski definition) is 6. The van der Waals surface area contributed by atoms with Gasteiger partial charge in [-0.05, 0) is 154 Å². The Morgan fingerprint density at radius 2 is 0.470 bits per heavy atom. The molecule has 0 aliphatic rings. The van der Waals surface area contributed by atoms with Crippen LogP contribution in [-0.4, -0.2) is 37.2 Å². The molecule has 1 unspecified atom stereocenters. The molecule has 1 atom stereocenters. The zero-order valence-corrected chi connectivity index (χ0v) is 53.7. The average Bonchev–Trinajstić information content (AvgIpc) is 3.49. The second-order valence-electron chi connectivity index (χ2n) is 22.0. The van der Waals surface area contributed by atoms with Gasteiger partial charge in [0.2, 0.25) is 0 Å². The highest BCUT2D eigenvalue weighted by Crippen LogP contribution is 2.14. The quantitative estimate of drug-likeness (QED) is 0.0261. The summed E-state index contributed by atoms with van der Waals surface area (Å²) in [4.78, 5) is 38.3. The van der Waals surface area contributed by atoms with Crippen LogP contribution in [0, 0.1) is 0 Å². The van der Waals surface area contributed by atoms with Crippen LogP contribution < -0.4 is 0 Å². The lowest BCUT2D eigenvalue weighted by Crippen LogP contribution is -2.30. The van der Waals surface area contributed by atoms with E-state index in [-0.39, 0.29) is 31.1 Å². The van der Waals surface area contributed by atoms with E-state index in [4.69, 9.17) is 14.2 Å². The molecular formula is C77H124O6. The van der Waals surface area contributed by atoms with Crippen LogP contribution in [0.15, 0.2) is 158 Å². The van der Waals surface area contributed by atoms with Crippen molar-refractivity contribution in [1.82, 2.24) is 0 Å². The predicted octanol–water partition coefficient (Wildman–Crippen LogP) is 23.7. The highest BCUT2D eigenvalue weighted by molar-refractivity contribution is 5.71. The third kappa shape index (κ3) is 67.7. The van der Waals surface area contributed by atoms with Gasteiger partial charge >= 0.3 is 17.9 Å². The number of carbonyl (C=O) groups excluding carboxylic acids is 3. The lowest BCUT2D eigenvalue weighted by Gasteiger charge is -2.18. The van der Waals surface area contributed by atoms with Gasteiger partial charge in [-0.15, -0.1) is 0 Å². The van der Waals surface area contributed by atoms with Crippen LogP contribution >= 0.6 is 0 Å². The molecule has 0 rings (SSSR count). The molecule has 0 spiro atoms. The zero-order chi connectivity index (χ0) is 59.9. The van der Waals surface area contributed by atoms with Crippen molar-refractivity contribution >= 4 is 17.9 Å². The molecule has 0 fully saturated rings. The highest BCUT2D eigenvalue weighted by atomic mass is 16.6. The molecule has 6 nitrogen and oxygen atoms in total. The molecule has 0 amide bonds. The monoisotopic (exact) mass is 1140 g/mol. The van der Waals surface area contributed by atoms with E-state index in [1.807, 2.05) is 0 Å². The molecular weight excluding hydrogens is 1020 g/mol. The summed E-state index contributed by atoms with van der Waals surface area (Å²) in [5.74, 6) is -0.973. The molecule has 0 aliphatic carbocycles. The maximum Gasteiger partial charge on any atom is 0.306 e. The molecule has 0 aromatic carbocycles. The highest BCUT2D eigenvalue weighted by Gasteiger charge is 2.19. The Balaban J connectivity index is 4.44. The summed E-state index contributed by atoms with van der Waals surface area (Å²) in [6, 6.07) is 0. The van der Waals surface area contributed by atoms with Gasteiger partial charge in [-0.2, -0.15) is 0 Å². The first-order valence-electron chi connectivity index (χ1n) is 34.0. The van der Waals surface area contributed by atoms with Crippen LogP contribution in [0.2, 0.25) is 0 Å². The third-order valence-corrected chi connectivity index (χ3v) is 14.0. The molecule has 0 saturated carbocycles. The number of hydrogen-bond donors (Lipinski definition) is 0. The van der Waals surface area contributed by atoms with Gasteiger partial charge in [-0.1, -0.05) is 275 Å². The van der Waals surface area contributed by atoms with Crippen molar-refractivity contribution in [2.45, 2.75) is 297 Å². The average molecular weight is 1150 g/mol. The zero-order valence-electron chi connectivity index (χ0n) is 53.7. The second-order valence-corrected chi connectivity index (χ2v) is 22.0. The molecule has 0 aromatic rings. The number of allylic oxidation sites excluding steroid dienone is 26. The van der Waals surface area contributed by atoms with Gasteiger partial charge in [0.25, 0.3) is 0 Å². The molecule has 0 aromatic heterocycles. The Bertz CT molecular complexity index is 1840. The molecule has 83 heavy (non-hydrogen) atoms. The molecule has 0 saturated heterocycles. The topological polar surface area (TPSA) is 78.9 Å². The van der Waals surface area contributed by atoms with Crippen LogP contribution in [0.1, 0.15) is 290 Å². The smallest absolute Gasteiger partial charge is 0.306 e. The van der Waals surface area contributed by atoms with E-state index in [9.17, 15) is 14.4 Å². The molecule has 0 radical (unpaired) electrons. The summed E-state index contributed by atoms with van der Waals surface area (Å²) in [5, 5.41) is 0. The van der Waals surface area contributed by atoms with Gasteiger partial charge in [-0.3, -0.25) is 14.4 Å². The first kappa shape index (κ1) is 78.0. The van der Waals surface area contributed by atoms with Crippen LogP contribution in [0.5, 0.6) is 0 Å². The lowest BCUT2D eigenvalue weighted by molar-refractivity contribution is -0.167. The Hall–Kier alpha value is -4.97. The minimum absolute atomic E-state index is 0.107. The SMILES string of the molecule is CC/C=C\C/C=C\C/C=C\C/C=C\C/C=C\C/C=C\C/C=C\C/C=C\C/C=C\C/C=C\CCCCC(=O)OCC(COC(=O)CCCCCCC/C=C\CCCCCCCCC)OC(=O)CCCCCCC/C=C\C/C=C\CCCCCC. The van der Waals surface area contributed by atoms with Crippen LogP contribution in [0.4, 0.5) is 0 Å². The second kappa shape index (κ2) is 69.5. The van der Waals surface area contributed by atoms with Crippen molar-refractivity contribution < 1.29 is 28.6 Å². The lowest BCUT2D eigenvalue weighted by atomic mass is 10.1. The van der Waals surface area contributed by atoms with Crippen molar-refractivity contribution in [3.05, 3.63) is 158 Å². The van der Waals surface area contributed by atoms with Crippen LogP contribution in [0.3, 0.4) is 0 Å². The summed E-state index contributed by atoms with van der Waals surface area (Å²) in [6.45, 7) is 6.46. The summed E-state index contributed by atoms with van der Waals surface area (Å²) in [7, 11) is 0. The van der Waals surface area contributed by atoms with Crippen molar-refractivity contribution in [3.8, 4) is 0 Å². The minimum atomic E-state index is -0.815. The van der Waals surface area contributed by atoms with Gasteiger partial charge < -0.3 is 14.2 Å². The standard InChI is InChI=1S/C77H124O6/c1-4-7-10-13-16-19-22-25-28-31-32-33-34-35-36-37-38-39-40-41-42-43-44-45-46-47-50-52-55-58-61-64-67-70-76(79)82-73-74(83-77(80)71-68-65-62-59-56-53-49-30-27-24-21-18-15-12-9-6-3)72-81-75(78)69-66-63-60-57-54-51-48-29-26-23-20-17-14-11-8-5-2/h7,10,16,19,21,24-25,28-30,32-33,35-36,38-39,41-42,44-45,47-50,55,58,74H,4-6,8-9,11-15,17-18,20,22-23,26-27,31,34,37,40,43,46,51-54,56-57,59-73H2,1-3H3/b10-7-,19-16-,24-21-,28-25-,33-32-,36-35-,39-38-,42-41-,45-44-,48-29-,49-30-,50-47-,58-55-. The van der Waals surface area contributed by atoms with Crippen LogP contribution in [0.25, 0.3) is 0 Å². The normalized spacial score (nSPS) is 13.1. The molecule has 468 valence electrons. The fourth-order valence-electron chi connectivity index (χ4n) is 8.91. The summed E-state index contributed by atoms with van der Waals surface area (Å²) >= 11 is 0. The molecule has 0 bridgehead atoms. The predicted molar refractivity (Wildman–Crippen MR) is 362 cm³/mol. The summed E-state index contributed by atoms with van der Waals surface area (Å²) in [5.41, 5.74) is 0. The van der Waals surface area contributed by atoms with E-state index in [2.05, 4.69) is 179 Å². The van der Waals surface area contributed by atoms with E-state index < -0.39 is 6.10 Å². The van der Waals surface area contributed by atoms with Gasteiger partial charge in [0.05, 0.1) is 0 Å². The minimum Gasteiger partial charge on any atom is -0.462 e. The van der Waals surface area contributed by atoms with E-state index in [0.29, 0.717) is 25.7 Å². The van der Waals surface area contributed by atoms with E-state index in [1.54, 1.807) is 0 Å². The fourth-order valence-corrected chi connectivity index (χ4v) is 8.91. The van der Waals surface area contributed by atoms with E-state index >= 15 is 0 Å². The number of unbranched alkanes of at least 4 members (excludes halogenated alkanes) is 23. The van der Waals surface area contributed by atoms with Gasteiger partial charge in [0, 0.05) is 19.3 Å². The Morgan fingerprint density at radius 3 is 0.783 bits per heavy atom. The van der Waals surface area contributed by atoms with E-state index in [0.717, 1.165) is 154 Å². The number of rotatable bonds is 60. The van der Waals surface area contributed by atoms with Crippen molar-refractivity contribution in [2.75, 3.05) is 13.2 Å². The van der Waals surface area contributed by atoms with Crippen molar-refractivity contribution in [2.24, 2.45) is 0 Å². The Labute approximate surface area is 511 Å². The van der Waals surface area contributed by atoms with Crippen molar-refractivity contribution in [3.63, 3.8) is 0 Å².